The van der Waals surface area contributed by atoms with Gasteiger partial charge in [0.15, 0.2) is 0 Å². The highest BCUT2D eigenvalue weighted by atomic mass is 32.1. The van der Waals surface area contributed by atoms with Gasteiger partial charge in [-0.25, -0.2) is 0 Å². The molecule has 0 aliphatic rings. The minimum atomic E-state index is -0.358. The molecule has 1 heterocycles. The van der Waals surface area contributed by atoms with Crippen molar-refractivity contribution in [2.45, 2.75) is 6.42 Å². The van der Waals surface area contributed by atoms with Gasteiger partial charge in [-0.05, 0) is 30.0 Å². The van der Waals surface area contributed by atoms with Gasteiger partial charge in [-0.3, -0.25) is 4.79 Å². The van der Waals surface area contributed by atoms with Crippen LogP contribution in [0.5, 0.6) is 0 Å². The molecule has 0 aromatic carbocycles. The van der Waals surface area contributed by atoms with Crippen molar-refractivity contribution in [2.75, 3.05) is 6.54 Å². The normalized spacial score (nSPS) is 9.91. The number of nitrogens with two attached hydrogens (primary N) is 2. The van der Waals surface area contributed by atoms with Crippen molar-refractivity contribution in [2.24, 2.45) is 11.5 Å². The lowest BCUT2D eigenvalue weighted by atomic mass is 10.2. The van der Waals surface area contributed by atoms with Crippen LogP contribution < -0.4 is 11.5 Å². The second-order valence-electron chi connectivity index (χ2n) is 2.18. The fourth-order valence-corrected chi connectivity index (χ4v) is 1.71. The molecule has 0 atom stereocenters. The van der Waals surface area contributed by atoms with E-state index < -0.39 is 0 Å². The molecule has 0 saturated carbocycles. The van der Waals surface area contributed by atoms with Crippen LogP contribution in [0.4, 0.5) is 0 Å². The fraction of sp³-hybridized carbons (Fsp3) is 0.286. The van der Waals surface area contributed by atoms with Gasteiger partial charge in [0.05, 0.1) is 4.88 Å². The molecule has 0 saturated heterocycles. The number of carbonyl (C=O) groups is 1. The maximum Gasteiger partial charge on any atom is 0.259 e. The van der Waals surface area contributed by atoms with Crippen molar-refractivity contribution in [3.05, 3.63) is 21.9 Å². The molecule has 1 amide bonds. The molecular weight excluding hydrogens is 160 g/mol. The predicted molar refractivity (Wildman–Crippen MR) is 45.6 cm³/mol. The molecular formula is C7H10N2OS. The first-order valence-electron chi connectivity index (χ1n) is 3.32. The van der Waals surface area contributed by atoms with Crippen LogP contribution in [0.3, 0.4) is 0 Å². The average Bonchev–Trinajstić information content (AvgIpc) is 2.36. The summed E-state index contributed by atoms with van der Waals surface area (Å²) in [7, 11) is 0. The van der Waals surface area contributed by atoms with E-state index in [1.54, 1.807) is 0 Å². The fourth-order valence-electron chi connectivity index (χ4n) is 0.904. The molecule has 1 aromatic rings. The molecule has 0 aliphatic carbocycles. The first-order chi connectivity index (χ1) is 5.25. The molecule has 0 bridgehead atoms. The quantitative estimate of drug-likeness (QED) is 0.687. The Morgan fingerprint density at radius 3 is 2.91 bits per heavy atom. The summed E-state index contributed by atoms with van der Waals surface area (Å²) in [5.41, 5.74) is 11.4. The summed E-state index contributed by atoms with van der Waals surface area (Å²) in [5.74, 6) is -0.358. The summed E-state index contributed by atoms with van der Waals surface area (Å²) in [6.45, 7) is 0.553. The lowest BCUT2D eigenvalue weighted by Crippen LogP contribution is -2.12. The topological polar surface area (TPSA) is 69.1 Å². The van der Waals surface area contributed by atoms with Crippen molar-refractivity contribution in [3.63, 3.8) is 0 Å². The highest BCUT2D eigenvalue weighted by molar-refractivity contribution is 7.12. The van der Waals surface area contributed by atoms with Gasteiger partial charge in [0.1, 0.15) is 0 Å². The van der Waals surface area contributed by atoms with Gasteiger partial charge >= 0.3 is 0 Å². The molecule has 11 heavy (non-hydrogen) atoms. The van der Waals surface area contributed by atoms with Crippen LogP contribution in [-0.2, 0) is 6.42 Å². The van der Waals surface area contributed by atoms with Gasteiger partial charge < -0.3 is 11.5 Å². The van der Waals surface area contributed by atoms with E-state index in [9.17, 15) is 4.79 Å². The van der Waals surface area contributed by atoms with Crippen LogP contribution in [0.15, 0.2) is 11.4 Å². The molecule has 0 spiro atoms. The second kappa shape index (κ2) is 3.50. The van der Waals surface area contributed by atoms with Crippen LogP contribution in [0.1, 0.15) is 15.2 Å². The van der Waals surface area contributed by atoms with Crippen LogP contribution in [0, 0.1) is 0 Å². The smallest absolute Gasteiger partial charge is 0.259 e. The van der Waals surface area contributed by atoms with E-state index in [2.05, 4.69) is 0 Å². The average molecular weight is 170 g/mol. The van der Waals surface area contributed by atoms with Gasteiger partial charge in [-0.1, -0.05) is 0 Å². The summed E-state index contributed by atoms with van der Waals surface area (Å²) in [6.07, 6.45) is 0.724. The molecule has 0 fully saturated rings. The number of hydrogen-bond donors (Lipinski definition) is 2. The number of carbonyl (C=O) groups excluding carboxylic acids is 1. The number of amides is 1. The maximum absolute atomic E-state index is 10.7. The van der Waals surface area contributed by atoms with Crippen LogP contribution >= 0.6 is 11.3 Å². The van der Waals surface area contributed by atoms with Gasteiger partial charge in [-0.15, -0.1) is 11.3 Å². The van der Waals surface area contributed by atoms with Gasteiger partial charge in [0, 0.05) is 0 Å². The molecule has 0 unspecified atom stereocenters. The van der Waals surface area contributed by atoms with E-state index in [0.717, 1.165) is 12.0 Å². The molecule has 4 N–H and O–H groups in total. The molecule has 4 heteroatoms. The van der Waals surface area contributed by atoms with Crippen LogP contribution in [0.2, 0.25) is 0 Å². The summed E-state index contributed by atoms with van der Waals surface area (Å²) < 4.78 is 0. The van der Waals surface area contributed by atoms with Crippen molar-refractivity contribution in [1.29, 1.82) is 0 Å². The van der Waals surface area contributed by atoms with E-state index in [1.807, 2.05) is 11.4 Å². The number of primary amides is 1. The molecule has 1 aromatic heterocycles. The minimum Gasteiger partial charge on any atom is -0.365 e. The van der Waals surface area contributed by atoms with Crippen LogP contribution in [0.25, 0.3) is 0 Å². The van der Waals surface area contributed by atoms with E-state index in [4.69, 9.17) is 11.5 Å². The Balaban J connectivity index is 2.87. The Labute approximate surface area is 69.0 Å². The number of hydrogen-bond acceptors (Lipinski definition) is 3. The molecule has 0 aliphatic heterocycles. The maximum atomic E-state index is 10.7. The summed E-state index contributed by atoms with van der Waals surface area (Å²) >= 11 is 1.37. The standard InChI is InChI=1S/C7H10N2OS/c8-3-1-5-2-4-11-6(5)7(9)10/h2,4H,1,3,8H2,(H2,9,10). The number of thiophene rings is 1. The van der Waals surface area contributed by atoms with Crippen molar-refractivity contribution in [3.8, 4) is 0 Å². The Hall–Kier alpha value is -0.870. The predicted octanol–water partition coefficient (Wildman–Crippen LogP) is 0.348. The largest absolute Gasteiger partial charge is 0.365 e. The van der Waals surface area contributed by atoms with Crippen molar-refractivity contribution in [1.82, 2.24) is 0 Å². The van der Waals surface area contributed by atoms with E-state index in [1.165, 1.54) is 11.3 Å². The highest BCUT2D eigenvalue weighted by Gasteiger charge is 2.07. The highest BCUT2D eigenvalue weighted by Crippen LogP contribution is 2.15. The monoisotopic (exact) mass is 170 g/mol. The Kier molecular flexibility index (Phi) is 2.62. The van der Waals surface area contributed by atoms with E-state index >= 15 is 0 Å². The third kappa shape index (κ3) is 1.78. The zero-order valence-electron chi connectivity index (χ0n) is 6.04. The molecule has 3 nitrogen and oxygen atoms in total. The second-order valence-corrected chi connectivity index (χ2v) is 3.09. The van der Waals surface area contributed by atoms with Crippen molar-refractivity contribution >= 4 is 17.2 Å². The first kappa shape index (κ1) is 8.23. The van der Waals surface area contributed by atoms with Crippen LogP contribution in [-0.4, -0.2) is 12.5 Å². The first-order valence-corrected chi connectivity index (χ1v) is 4.20. The van der Waals surface area contributed by atoms with Gasteiger partial charge in [0.2, 0.25) is 0 Å². The Morgan fingerprint density at radius 1 is 1.64 bits per heavy atom. The Morgan fingerprint density at radius 2 is 2.36 bits per heavy atom. The minimum absolute atomic E-state index is 0.358. The third-order valence-electron chi connectivity index (χ3n) is 1.38. The van der Waals surface area contributed by atoms with Gasteiger partial charge in [0.25, 0.3) is 5.91 Å². The van der Waals surface area contributed by atoms with E-state index in [-0.39, 0.29) is 5.91 Å². The van der Waals surface area contributed by atoms with Crippen molar-refractivity contribution < 1.29 is 4.79 Å². The molecule has 1 rings (SSSR count). The molecule has 60 valence electrons. The molecule has 0 radical (unpaired) electrons. The summed E-state index contributed by atoms with van der Waals surface area (Å²) in [6, 6.07) is 1.89. The zero-order valence-corrected chi connectivity index (χ0v) is 6.86. The Bertz CT molecular complexity index is 257. The summed E-state index contributed by atoms with van der Waals surface area (Å²) in [5, 5.41) is 1.85. The lowest BCUT2D eigenvalue weighted by Gasteiger charge is -1.95. The van der Waals surface area contributed by atoms with Gasteiger partial charge in [-0.2, -0.15) is 0 Å². The SMILES string of the molecule is NCCc1ccsc1C(N)=O. The third-order valence-corrected chi connectivity index (χ3v) is 2.36. The summed E-state index contributed by atoms with van der Waals surface area (Å²) in [4.78, 5) is 11.4. The number of rotatable bonds is 3. The zero-order chi connectivity index (χ0) is 8.27. The van der Waals surface area contributed by atoms with E-state index in [0.29, 0.717) is 11.4 Å². The lowest BCUT2D eigenvalue weighted by molar-refractivity contribution is 0.100.